The van der Waals surface area contributed by atoms with Crippen LogP contribution in [-0.4, -0.2) is 31.3 Å². The fourth-order valence-corrected chi connectivity index (χ4v) is 1.84. The van der Waals surface area contributed by atoms with E-state index in [0.29, 0.717) is 6.61 Å². The summed E-state index contributed by atoms with van der Waals surface area (Å²) >= 11 is 0. The third kappa shape index (κ3) is 4.31. The van der Waals surface area contributed by atoms with Crippen LogP contribution in [0, 0.1) is 0 Å². The predicted molar refractivity (Wildman–Crippen MR) is 67.1 cm³/mol. The van der Waals surface area contributed by atoms with E-state index < -0.39 is 12.1 Å². The van der Waals surface area contributed by atoms with Gasteiger partial charge in [-0.05, 0) is 12.5 Å². The topological polar surface area (TPSA) is 54.0 Å². The highest BCUT2D eigenvalue weighted by Crippen LogP contribution is 2.24. The van der Waals surface area contributed by atoms with Crippen LogP contribution in [0.15, 0.2) is 30.3 Å². The Morgan fingerprint density at radius 1 is 1.42 bits per heavy atom. The van der Waals surface area contributed by atoms with Crippen LogP contribution in [0.5, 0.6) is 0 Å². The third-order valence-corrected chi connectivity index (χ3v) is 2.68. The van der Waals surface area contributed by atoms with E-state index in [4.69, 9.17) is 18.9 Å². The summed E-state index contributed by atoms with van der Waals surface area (Å²) in [5.41, 5.74) is 1.08. The maximum atomic E-state index is 10.8. The van der Waals surface area contributed by atoms with E-state index in [2.05, 4.69) is 0 Å². The SMILES string of the molecule is CC(=O)OC1CO[C@@](C)(COCc2ccccc2)O1. The van der Waals surface area contributed by atoms with Gasteiger partial charge in [-0.2, -0.15) is 0 Å². The molecule has 0 N–H and O–H groups in total. The fourth-order valence-electron chi connectivity index (χ4n) is 1.84. The van der Waals surface area contributed by atoms with Crippen LogP contribution in [0.3, 0.4) is 0 Å². The van der Waals surface area contributed by atoms with Gasteiger partial charge in [-0.25, -0.2) is 0 Å². The molecule has 1 aliphatic heterocycles. The molecule has 2 atom stereocenters. The van der Waals surface area contributed by atoms with E-state index in [1.165, 1.54) is 6.92 Å². The summed E-state index contributed by atoms with van der Waals surface area (Å²) in [5.74, 6) is -1.25. The summed E-state index contributed by atoms with van der Waals surface area (Å²) in [6.45, 7) is 4.10. The molecule has 1 aromatic rings. The van der Waals surface area contributed by atoms with Crippen molar-refractivity contribution in [3.63, 3.8) is 0 Å². The zero-order valence-corrected chi connectivity index (χ0v) is 11.1. The first kappa shape index (κ1) is 14.0. The Labute approximate surface area is 112 Å². The summed E-state index contributed by atoms with van der Waals surface area (Å²) in [4.78, 5) is 10.8. The van der Waals surface area contributed by atoms with Gasteiger partial charge in [-0.3, -0.25) is 4.79 Å². The maximum absolute atomic E-state index is 10.8. The average Bonchev–Trinajstić information content (AvgIpc) is 2.71. The Hall–Kier alpha value is -1.43. The van der Waals surface area contributed by atoms with Gasteiger partial charge in [0.1, 0.15) is 13.2 Å². The molecule has 0 spiro atoms. The highest BCUT2D eigenvalue weighted by molar-refractivity contribution is 5.66. The van der Waals surface area contributed by atoms with Crippen LogP contribution in [0.4, 0.5) is 0 Å². The molecule has 0 radical (unpaired) electrons. The number of benzene rings is 1. The normalized spacial score (nSPS) is 26.3. The van der Waals surface area contributed by atoms with Crippen molar-refractivity contribution >= 4 is 5.97 Å². The molecule has 5 nitrogen and oxygen atoms in total. The van der Waals surface area contributed by atoms with E-state index in [9.17, 15) is 4.79 Å². The Morgan fingerprint density at radius 2 is 2.16 bits per heavy atom. The Morgan fingerprint density at radius 3 is 2.84 bits per heavy atom. The molecule has 1 fully saturated rings. The first-order valence-corrected chi connectivity index (χ1v) is 6.18. The molecule has 1 aromatic carbocycles. The smallest absolute Gasteiger partial charge is 0.305 e. The zero-order valence-electron chi connectivity index (χ0n) is 11.1. The highest BCUT2D eigenvalue weighted by Gasteiger charge is 2.39. The lowest BCUT2D eigenvalue weighted by molar-refractivity contribution is -0.223. The molecule has 0 amide bonds. The molecule has 1 aliphatic rings. The monoisotopic (exact) mass is 266 g/mol. The molecule has 19 heavy (non-hydrogen) atoms. The summed E-state index contributed by atoms with van der Waals surface area (Å²) in [5, 5.41) is 0. The molecular weight excluding hydrogens is 248 g/mol. The standard InChI is InChI=1S/C14H18O5/c1-11(15)18-13-9-17-14(2,19-13)10-16-8-12-6-4-3-5-7-12/h3-7,13H,8-10H2,1-2H3/t13?,14-/m1/s1. The minimum atomic E-state index is -0.866. The second-order valence-corrected chi connectivity index (χ2v) is 4.58. The third-order valence-electron chi connectivity index (χ3n) is 2.68. The lowest BCUT2D eigenvalue weighted by Crippen LogP contribution is -2.33. The van der Waals surface area contributed by atoms with E-state index in [-0.39, 0.29) is 19.2 Å². The van der Waals surface area contributed by atoms with Crippen LogP contribution < -0.4 is 0 Å². The van der Waals surface area contributed by atoms with Crippen molar-refractivity contribution < 1.29 is 23.7 Å². The minimum absolute atomic E-state index is 0.227. The van der Waals surface area contributed by atoms with Gasteiger partial charge in [0, 0.05) is 6.92 Å². The zero-order chi connectivity index (χ0) is 13.7. The van der Waals surface area contributed by atoms with E-state index >= 15 is 0 Å². The van der Waals surface area contributed by atoms with Crippen LogP contribution in [-0.2, 0) is 30.3 Å². The predicted octanol–water partition coefficient (Wildman–Crippen LogP) is 1.86. The quantitative estimate of drug-likeness (QED) is 0.761. The molecule has 1 unspecified atom stereocenters. The molecule has 0 aromatic heterocycles. The molecule has 5 heteroatoms. The fraction of sp³-hybridized carbons (Fsp3) is 0.500. The summed E-state index contributed by atoms with van der Waals surface area (Å²) < 4.78 is 21.5. The maximum Gasteiger partial charge on any atom is 0.305 e. The molecule has 2 rings (SSSR count). The molecule has 1 heterocycles. The number of carbonyl (C=O) groups excluding carboxylic acids is 1. The first-order valence-electron chi connectivity index (χ1n) is 6.18. The molecule has 0 saturated carbocycles. The molecule has 0 aliphatic carbocycles. The molecule has 104 valence electrons. The van der Waals surface area contributed by atoms with Crippen molar-refractivity contribution in [2.75, 3.05) is 13.2 Å². The Balaban J connectivity index is 1.75. The Kier molecular flexibility index (Phi) is 4.52. The van der Waals surface area contributed by atoms with Gasteiger partial charge in [0.2, 0.25) is 6.29 Å². The van der Waals surface area contributed by atoms with Crippen LogP contribution in [0.1, 0.15) is 19.4 Å². The van der Waals surface area contributed by atoms with E-state index in [0.717, 1.165) is 5.56 Å². The lowest BCUT2D eigenvalue weighted by Gasteiger charge is -2.22. The van der Waals surface area contributed by atoms with E-state index in [1.54, 1.807) is 6.92 Å². The molecular formula is C14H18O5. The number of ether oxygens (including phenoxy) is 4. The van der Waals surface area contributed by atoms with Crippen LogP contribution in [0.25, 0.3) is 0 Å². The second-order valence-electron chi connectivity index (χ2n) is 4.58. The largest absolute Gasteiger partial charge is 0.433 e. The summed E-state index contributed by atoms with van der Waals surface area (Å²) in [6, 6.07) is 9.85. The van der Waals surface area contributed by atoms with Gasteiger partial charge >= 0.3 is 5.97 Å². The van der Waals surface area contributed by atoms with Crippen molar-refractivity contribution in [2.24, 2.45) is 0 Å². The number of hydrogen-bond acceptors (Lipinski definition) is 5. The number of esters is 1. The molecule has 0 bridgehead atoms. The van der Waals surface area contributed by atoms with Crippen molar-refractivity contribution in [3.05, 3.63) is 35.9 Å². The van der Waals surface area contributed by atoms with Gasteiger partial charge in [0.15, 0.2) is 5.79 Å². The van der Waals surface area contributed by atoms with Crippen molar-refractivity contribution in [1.82, 2.24) is 0 Å². The van der Waals surface area contributed by atoms with Gasteiger partial charge < -0.3 is 18.9 Å². The molecule has 1 saturated heterocycles. The highest BCUT2D eigenvalue weighted by atomic mass is 16.8. The summed E-state index contributed by atoms with van der Waals surface area (Å²) in [7, 11) is 0. The lowest BCUT2D eigenvalue weighted by atomic mass is 10.2. The van der Waals surface area contributed by atoms with Crippen molar-refractivity contribution in [2.45, 2.75) is 32.5 Å². The minimum Gasteiger partial charge on any atom is -0.433 e. The van der Waals surface area contributed by atoms with Crippen LogP contribution in [0.2, 0.25) is 0 Å². The average molecular weight is 266 g/mol. The van der Waals surface area contributed by atoms with Gasteiger partial charge in [-0.15, -0.1) is 0 Å². The van der Waals surface area contributed by atoms with Gasteiger partial charge in [0.25, 0.3) is 0 Å². The first-order chi connectivity index (χ1) is 9.07. The van der Waals surface area contributed by atoms with Crippen molar-refractivity contribution in [3.8, 4) is 0 Å². The second kappa shape index (κ2) is 6.14. The number of rotatable bonds is 5. The van der Waals surface area contributed by atoms with Crippen molar-refractivity contribution in [1.29, 1.82) is 0 Å². The van der Waals surface area contributed by atoms with Gasteiger partial charge in [-0.1, -0.05) is 30.3 Å². The number of hydrogen-bond donors (Lipinski definition) is 0. The Bertz CT molecular complexity index is 419. The van der Waals surface area contributed by atoms with Crippen LogP contribution >= 0.6 is 0 Å². The number of carbonyl (C=O) groups is 1. The van der Waals surface area contributed by atoms with E-state index in [1.807, 2.05) is 30.3 Å². The summed E-state index contributed by atoms with van der Waals surface area (Å²) in [6.07, 6.45) is -0.650. The van der Waals surface area contributed by atoms with Gasteiger partial charge in [0.05, 0.1) is 6.61 Å².